The van der Waals surface area contributed by atoms with Gasteiger partial charge in [0.05, 0.1) is 5.69 Å². The van der Waals surface area contributed by atoms with Crippen LogP contribution in [-0.4, -0.2) is 65.2 Å². The number of anilines is 2. The molecule has 0 radical (unpaired) electrons. The van der Waals surface area contributed by atoms with Crippen LogP contribution in [0.2, 0.25) is 0 Å². The Morgan fingerprint density at radius 3 is 2.37 bits per heavy atom. The summed E-state index contributed by atoms with van der Waals surface area (Å²) in [4.78, 5) is 28.8. The summed E-state index contributed by atoms with van der Waals surface area (Å²) in [5.41, 5.74) is 2.94. The Morgan fingerprint density at radius 2 is 1.70 bits per heavy atom. The van der Waals surface area contributed by atoms with Crippen molar-refractivity contribution in [2.24, 2.45) is 0 Å². The fourth-order valence-corrected chi connectivity index (χ4v) is 4.37. The van der Waals surface area contributed by atoms with Gasteiger partial charge in [0, 0.05) is 63.0 Å². The number of amides is 1. The molecule has 30 heavy (non-hydrogen) atoms. The molecule has 2 saturated heterocycles. The Balaban J connectivity index is 1.34. The molecule has 2 aliphatic heterocycles. The molecule has 0 unspecified atom stereocenters. The highest BCUT2D eigenvalue weighted by Crippen LogP contribution is 2.22. The number of piperazine rings is 1. The number of piperidine rings is 1. The molecule has 4 heterocycles. The second kappa shape index (κ2) is 9.02. The van der Waals surface area contributed by atoms with Gasteiger partial charge in [0.2, 0.25) is 11.9 Å². The van der Waals surface area contributed by atoms with Crippen LogP contribution in [0.25, 0.3) is 0 Å². The molecule has 4 rings (SSSR count). The molecule has 0 aromatic carbocycles. The second-order valence-electron chi connectivity index (χ2n) is 8.39. The zero-order valence-corrected chi connectivity index (χ0v) is 18.4. The van der Waals surface area contributed by atoms with Crippen LogP contribution in [0.3, 0.4) is 0 Å². The third-order valence-electron chi connectivity index (χ3n) is 6.19. The van der Waals surface area contributed by atoms with Crippen LogP contribution >= 0.6 is 0 Å². The molecule has 0 bridgehead atoms. The van der Waals surface area contributed by atoms with E-state index in [0.29, 0.717) is 25.9 Å². The van der Waals surface area contributed by atoms with E-state index < -0.39 is 0 Å². The van der Waals surface area contributed by atoms with Crippen LogP contribution in [0.5, 0.6) is 0 Å². The van der Waals surface area contributed by atoms with Gasteiger partial charge < -0.3 is 19.2 Å². The summed E-state index contributed by atoms with van der Waals surface area (Å²) in [5, 5.41) is 3.97. The lowest BCUT2D eigenvalue weighted by molar-refractivity contribution is -0.131. The average Bonchev–Trinajstić information content (AvgIpc) is 3.09. The zero-order valence-electron chi connectivity index (χ0n) is 18.4. The van der Waals surface area contributed by atoms with Crippen molar-refractivity contribution >= 4 is 17.7 Å². The van der Waals surface area contributed by atoms with Gasteiger partial charge in [-0.25, -0.2) is 4.98 Å². The fourth-order valence-electron chi connectivity index (χ4n) is 4.37. The van der Waals surface area contributed by atoms with E-state index in [2.05, 4.69) is 26.0 Å². The lowest BCUT2D eigenvalue weighted by atomic mass is 10.1. The van der Waals surface area contributed by atoms with Gasteiger partial charge in [-0.15, -0.1) is 0 Å². The normalized spacial score (nSPS) is 17.5. The van der Waals surface area contributed by atoms with E-state index in [9.17, 15) is 4.79 Å². The third-order valence-corrected chi connectivity index (χ3v) is 6.19. The number of rotatable bonds is 5. The third kappa shape index (κ3) is 4.57. The van der Waals surface area contributed by atoms with Crippen LogP contribution in [0.1, 0.15) is 48.4 Å². The molecule has 2 aromatic heterocycles. The fraction of sp³-hybridized carbons (Fsp3) is 0.636. The summed E-state index contributed by atoms with van der Waals surface area (Å²) >= 11 is 0. The predicted octanol–water partition coefficient (Wildman–Crippen LogP) is 2.66. The number of hydrogen-bond acceptors (Lipinski definition) is 7. The Labute approximate surface area is 178 Å². The van der Waals surface area contributed by atoms with Crippen molar-refractivity contribution in [3.63, 3.8) is 0 Å². The Kier molecular flexibility index (Phi) is 6.20. The largest absolute Gasteiger partial charge is 0.361 e. The summed E-state index contributed by atoms with van der Waals surface area (Å²) < 4.78 is 5.20. The molecule has 0 aliphatic carbocycles. The van der Waals surface area contributed by atoms with Gasteiger partial charge in [0.1, 0.15) is 11.6 Å². The van der Waals surface area contributed by atoms with Crippen LogP contribution in [-0.2, 0) is 11.2 Å². The number of aryl methyl sites for hydroxylation is 3. The minimum Gasteiger partial charge on any atom is -0.361 e. The van der Waals surface area contributed by atoms with Crippen LogP contribution in [0.15, 0.2) is 10.6 Å². The summed E-state index contributed by atoms with van der Waals surface area (Å²) in [7, 11) is 0. The first kappa shape index (κ1) is 20.6. The van der Waals surface area contributed by atoms with Crippen LogP contribution < -0.4 is 9.80 Å². The molecule has 2 aliphatic rings. The number of hydrogen-bond donors (Lipinski definition) is 0. The highest BCUT2D eigenvalue weighted by Gasteiger charge is 2.24. The molecule has 0 atom stereocenters. The SMILES string of the molecule is Cc1cc(N2CCCCC2)nc(N2CCN(C(=O)CCc3c(C)noc3C)CC2)n1. The lowest BCUT2D eigenvalue weighted by Gasteiger charge is -2.35. The molecule has 2 aromatic rings. The Bertz CT molecular complexity index is 862. The van der Waals surface area contributed by atoms with Crippen molar-refractivity contribution < 1.29 is 9.32 Å². The van der Waals surface area contributed by atoms with E-state index >= 15 is 0 Å². The predicted molar refractivity (Wildman–Crippen MR) is 116 cm³/mol. The Hall–Kier alpha value is -2.64. The summed E-state index contributed by atoms with van der Waals surface area (Å²) in [6.07, 6.45) is 4.93. The maximum atomic E-state index is 12.7. The molecule has 162 valence electrons. The van der Waals surface area contributed by atoms with E-state index in [1.54, 1.807) is 0 Å². The summed E-state index contributed by atoms with van der Waals surface area (Å²) in [6, 6.07) is 2.09. The van der Waals surface area contributed by atoms with Crippen LogP contribution in [0.4, 0.5) is 11.8 Å². The quantitative estimate of drug-likeness (QED) is 0.747. The van der Waals surface area contributed by atoms with Gasteiger partial charge in [-0.2, -0.15) is 4.98 Å². The standard InChI is InChI=1S/C22H32N6O2/c1-16-15-20(26-9-5-4-6-10-26)24-22(23-16)28-13-11-27(12-14-28)21(29)8-7-19-17(2)25-30-18(19)3/h15H,4-14H2,1-3H3. The molecule has 0 N–H and O–H groups in total. The molecule has 2 fully saturated rings. The highest BCUT2D eigenvalue weighted by molar-refractivity contribution is 5.76. The average molecular weight is 413 g/mol. The number of carbonyl (C=O) groups is 1. The van der Waals surface area contributed by atoms with Gasteiger partial charge in [0.25, 0.3) is 0 Å². The molecule has 0 spiro atoms. The minimum atomic E-state index is 0.189. The monoisotopic (exact) mass is 412 g/mol. The zero-order chi connectivity index (χ0) is 21.1. The van der Waals surface area contributed by atoms with Crippen molar-refractivity contribution in [1.29, 1.82) is 0 Å². The van der Waals surface area contributed by atoms with Crippen molar-refractivity contribution in [3.05, 3.63) is 28.8 Å². The second-order valence-corrected chi connectivity index (χ2v) is 8.39. The van der Waals surface area contributed by atoms with Crippen molar-refractivity contribution in [2.45, 2.75) is 52.9 Å². The van der Waals surface area contributed by atoms with Crippen molar-refractivity contribution in [3.8, 4) is 0 Å². The first-order valence-corrected chi connectivity index (χ1v) is 11.1. The molecule has 8 heteroatoms. The van der Waals surface area contributed by atoms with Gasteiger partial charge in [-0.05, 0) is 46.5 Å². The smallest absolute Gasteiger partial charge is 0.227 e. The molecular formula is C22H32N6O2. The van der Waals surface area contributed by atoms with E-state index in [1.807, 2.05) is 25.7 Å². The van der Waals surface area contributed by atoms with Gasteiger partial charge in [0.15, 0.2) is 0 Å². The first-order chi connectivity index (χ1) is 14.5. The Morgan fingerprint density at radius 1 is 0.967 bits per heavy atom. The van der Waals surface area contributed by atoms with Gasteiger partial charge in [-0.1, -0.05) is 5.16 Å². The maximum Gasteiger partial charge on any atom is 0.227 e. The van der Waals surface area contributed by atoms with Gasteiger partial charge >= 0.3 is 0 Å². The van der Waals surface area contributed by atoms with E-state index in [4.69, 9.17) is 9.51 Å². The van der Waals surface area contributed by atoms with Crippen molar-refractivity contribution in [1.82, 2.24) is 20.0 Å². The summed E-state index contributed by atoms with van der Waals surface area (Å²) in [6.45, 7) is 10.9. The van der Waals surface area contributed by atoms with E-state index in [0.717, 1.165) is 60.7 Å². The molecule has 0 saturated carbocycles. The van der Waals surface area contributed by atoms with Crippen molar-refractivity contribution in [2.75, 3.05) is 49.1 Å². The highest BCUT2D eigenvalue weighted by atomic mass is 16.5. The minimum absolute atomic E-state index is 0.189. The number of carbonyl (C=O) groups excluding carboxylic acids is 1. The van der Waals surface area contributed by atoms with Gasteiger partial charge in [-0.3, -0.25) is 4.79 Å². The lowest BCUT2D eigenvalue weighted by Crippen LogP contribution is -2.49. The van der Waals surface area contributed by atoms with Crippen LogP contribution in [0, 0.1) is 20.8 Å². The first-order valence-electron chi connectivity index (χ1n) is 11.1. The topological polar surface area (TPSA) is 78.6 Å². The number of aromatic nitrogens is 3. The summed E-state index contributed by atoms with van der Waals surface area (Å²) in [5.74, 6) is 2.83. The van der Waals surface area contributed by atoms with E-state index in [1.165, 1.54) is 19.3 Å². The number of nitrogens with zero attached hydrogens (tertiary/aromatic N) is 6. The molecule has 1 amide bonds. The van der Waals surface area contributed by atoms with E-state index in [-0.39, 0.29) is 5.91 Å². The maximum absolute atomic E-state index is 12.7. The molecular weight excluding hydrogens is 380 g/mol. The molecule has 8 nitrogen and oxygen atoms in total.